The van der Waals surface area contributed by atoms with E-state index in [1.807, 2.05) is 0 Å². The van der Waals surface area contributed by atoms with Crippen molar-refractivity contribution in [1.29, 1.82) is 0 Å². The molecule has 0 spiro atoms. The molecule has 0 saturated heterocycles. The summed E-state index contributed by atoms with van der Waals surface area (Å²) in [6, 6.07) is 2.36. The molecule has 1 fully saturated rings. The van der Waals surface area contributed by atoms with E-state index in [0.29, 0.717) is 11.9 Å². The van der Waals surface area contributed by atoms with Crippen LogP contribution in [0.25, 0.3) is 11.4 Å². The van der Waals surface area contributed by atoms with Gasteiger partial charge in [0.05, 0.1) is 5.56 Å². The highest BCUT2D eigenvalue weighted by Gasteiger charge is 2.35. The monoisotopic (exact) mass is 298 g/mol. The lowest BCUT2D eigenvalue weighted by atomic mass is 10.1. The summed E-state index contributed by atoms with van der Waals surface area (Å²) in [6.45, 7) is 0. The molecule has 21 heavy (non-hydrogen) atoms. The van der Waals surface area contributed by atoms with Gasteiger partial charge in [0.2, 0.25) is 5.95 Å². The van der Waals surface area contributed by atoms with E-state index in [0.717, 1.165) is 25.0 Å². The number of aromatic nitrogens is 3. The summed E-state index contributed by atoms with van der Waals surface area (Å²) in [5.41, 5.74) is 4.10. The van der Waals surface area contributed by atoms with Crippen molar-refractivity contribution in [2.24, 2.45) is 0 Å². The van der Waals surface area contributed by atoms with Crippen LogP contribution in [-0.2, 0) is 6.18 Å². The number of benzene rings is 1. The molecule has 1 heterocycles. The Hall–Kier alpha value is -2.25. The minimum absolute atomic E-state index is 0.115. The van der Waals surface area contributed by atoms with Crippen molar-refractivity contribution in [3.63, 3.8) is 0 Å². The minimum Gasteiger partial charge on any atom is -0.368 e. The smallest absolute Gasteiger partial charge is 0.368 e. The fraction of sp³-hybridized carbons (Fsp3) is 0.308. The van der Waals surface area contributed by atoms with Gasteiger partial charge in [0.25, 0.3) is 0 Å². The molecule has 0 amide bonds. The van der Waals surface area contributed by atoms with Crippen LogP contribution in [0.5, 0.6) is 0 Å². The molecule has 0 unspecified atom stereocenters. The lowest BCUT2D eigenvalue weighted by molar-refractivity contribution is -0.137. The van der Waals surface area contributed by atoms with Crippen molar-refractivity contribution in [2.45, 2.75) is 24.9 Å². The van der Waals surface area contributed by atoms with Crippen molar-refractivity contribution in [2.75, 3.05) is 5.73 Å². The van der Waals surface area contributed by atoms with Crippen molar-refractivity contribution in [3.05, 3.63) is 35.4 Å². The molecule has 8 heteroatoms. The second-order valence-corrected chi connectivity index (χ2v) is 4.84. The van der Waals surface area contributed by atoms with Gasteiger partial charge in [0, 0.05) is 11.5 Å². The second kappa shape index (κ2) is 4.64. The Morgan fingerprint density at radius 3 is 2.43 bits per heavy atom. The van der Waals surface area contributed by atoms with Crippen LogP contribution in [0.1, 0.15) is 30.1 Å². The van der Waals surface area contributed by atoms with Crippen LogP contribution in [0, 0.1) is 5.82 Å². The number of rotatable bonds is 2. The Kier molecular flexibility index (Phi) is 3.03. The third kappa shape index (κ3) is 2.79. The average Bonchev–Trinajstić information content (AvgIpc) is 3.21. The molecule has 0 bridgehead atoms. The standard InChI is InChI=1S/C13H10F4N4/c14-7-3-4-8(9(5-7)13(15,16)17)11-19-10(6-1-2-6)20-12(18)21-11/h3-6H,1-2H2,(H2,18,19,20,21). The summed E-state index contributed by atoms with van der Waals surface area (Å²) in [4.78, 5) is 11.7. The molecule has 110 valence electrons. The van der Waals surface area contributed by atoms with Gasteiger partial charge in [-0.25, -0.2) is 9.37 Å². The highest BCUT2D eigenvalue weighted by atomic mass is 19.4. The number of anilines is 1. The highest BCUT2D eigenvalue weighted by Crippen LogP contribution is 2.40. The first-order valence-corrected chi connectivity index (χ1v) is 6.23. The molecule has 0 radical (unpaired) electrons. The Balaban J connectivity index is 2.16. The number of hydrogen-bond acceptors (Lipinski definition) is 4. The fourth-order valence-corrected chi connectivity index (χ4v) is 2.00. The third-order valence-corrected chi connectivity index (χ3v) is 3.14. The Morgan fingerprint density at radius 1 is 1.10 bits per heavy atom. The van der Waals surface area contributed by atoms with E-state index in [1.54, 1.807) is 0 Å². The van der Waals surface area contributed by atoms with Gasteiger partial charge in [-0.15, -0.1) is 0 Å². The average molecular weight is 298 g/mol. The summed E-state index contributed by atoms with van der Waals surface area (Å²) in [6.07, 6.45) is -2.96. The number of alkyl halides is 3. The van der Waals surface area contributed by atoms with Crippen molar-refractivity contribution in [3.8, 4) is 11.4 Å². The largest absolute Gasteiger partial charge is 0.417 e. The molecule has 1 aromatic carbocycles. The number of halogens is 4. The third-order valence-electron chi connectivity index (χ3n) is 3.14. The van der Waals surface area contributed by atoms with Gasteiger partial charge >= 0.3 is 6.18 Å². The summed E-state index contributed by atoms with van der Waals surface area (Å²) < 4.78 is 52.2. The molecule has 2 aromatic rings. The quantitative estimate of drug-likeness (QED) is 0.865. The van der Waals surface area contributed by atoms with Crippen LogP contribution < -0.4 is 5.73 Å². The number of nitrogens with two attached hydrogens (primary N) is 1. The van der Waals surface area contributed by atoms with E-state index in [-0.39, 0.29) is 23.3 Å². The van der Waals surface area contributed by atoms with Gasteiger partial charge < -0.3 is 5.73 Å². The molecule has 4 nitrogen and oxygen atoms in total. The van der Waals surface area contributed by atoms with Crippen LogP contribution >= 0.6 is 0 Å². The molecule has 1 aromatic heterocycles. The van der Waals surface area contributed by atoms with E-state index >= 15 is 0 Å². The van der Waals surface area contributed by atoms with Gasteiger partial charge in [-0.3, -0.25) is 0 Å². The molecule has 1 aliphatic rings. The maximum atomic E-state index is 13.1. The first kappa shape index (κ1) is 13.7. The SMILES string of the molecule is Nc1nc(-c2ccc(F)cc2C(F)(F)F)nc(C2CC2)n1. The second-order valence-electron chi connectivity index (χ2n) is 4.84. The predicted molar refractivity (Wildman–Crippen MR) is 66.6 cm³/mol. The molecule has 1 saturated carbocycles. The van der Waals surface area contributed by atoms with Crippen LogP contribution in [0.3, 0.4) is 0 Å². The van der Waals surface area contributed by atoms with Crippen LogP contribution in [0.2, 0.25) is 0 Å². The summed E-state index contributed by atoms with van der Waals surface area (Å²) in [7, 11) is 0. The van der Waals surface area contributed by atoms with Gasteiger partial charge in [-0.2, -0.15) is 23.1 Å². The van der Waals surface area contributed by atoms with Gasteiger partial charge in [0.1, 0.15) is 11.6 Å². The van der Waals surface area contributed by atoms with Crippen LogP contribution in [-0.4, -0.2) is 15.0 Å². The van der Waals surface area contributed by atoms with Crippen molar-refractivity contribution >= 4 is 5.95 Å². The van der Waals surface area contributed by atoms with Gasteiger partial charge in [0.15, 0.2) is 5.82 Å². The van der Waals surface area contributed by atoms with E-state index in [9.17, 15) is 17.6 Å². The lowest BCUT2D eigenvalue weighted by Gasteiger charge is -2.12. The van der Waals surface area contributed by atoms with Gasteiger partial charge in [-0.1, -0.05) is 0 Å². The number of hydrogen-bond donors (Lipinski definition) is 1. The van der Waals surface area contributed by atoms with Gasteiger partial charge in [-0.05, 0) is 31.0 Å². The Morgan fingerprint density at radius 2 is 1.81 bits per heavy atom. The topological polar surface area (TPSA) is 64.7 Å². The maximum absolute atomic E-state index is 13.1. The molecule has 0 aliphatic heterocycles. The Labute approximate surface area is 117 Å². The molecule has 2 N–H and O–H groups in total. The fourth-order valence-electron chi connectivity index (χ4n) is 2.00. The first-order chi connectivity index (χ1) is 9.84. The zero-order valence-corrected chi connectivity index (χ0v) is 10.7. The molecule has 3 rings (SSSR count). The summed E-state index contributed by atoms with van der Waals surface area (Å²) in [5, 5.41) is 0. The van der Waals surface area contributed by atoms with E-state index in [2.05, 4.69) is 15.0 Å². The zero-order valence-electron chi connectivity index (χ0n) is 10.7. The van der Waals surface area contributed by atoms with Crippen LogP contribution in [0.4, 0.5) is 23.5 Å². The summed E-state index contributed by atoms with van der Waals surface area (Å²) in [5.74, 6) is -0.801. The Bertz CT molecular complexity index is 695. The van der Waals surface area contributed by atoms with E-state index in [4.69, 9.17) is 5.73 Å². The highest BCUT2D eigenvalue weighted by molar-refractivity contribution is 5.62. The lowest BCUT2D eigenvalue weighted by Crippen LogP contribution is -2.11. The van der Waals surface area contributed by atoms with Crippen molar-refractivity contribution in [1.82, 2.24) is 15.0 Å². The molecule has 1 aliphatic carbocycles. The predicted octanol–water partition coefficient (Wildman–Crippen LogP) is 3.16. The zero-order chi connectivity index (χ0) is 15.2. The van der Waals surface area contributed by atoms with E-state index in [1.165, 1.54) is 0 Å². The molecular weight excluding hydrogens is 288 g/mol. The molecule has 0 atom stereocenters. The molecular formula is C13H10F4N4. The normalized spacial score (nSPS) is 15.2. The van der Waals surface area contributed by atoms with Crippen LogP contribution in [0.15, 0.2) is 18.2 Å². The maximum Gasteiger partial charge on any atom is 0.417 e. The first-order valence-electron chi connectivity index (χ1n) is 6.23. The minimum atomic E-state index is -4.71. The van der Waals surface area contributed by atoms with Crippen molar-refractivity contribution < 1.29 is 17.6 Å². The summed E-state index contributed by atoms with van der Waals surface area (Å²) >= 11 is 0. The van der Waals surface area contributed by atoms with E-state index < -0.39 is 17.6 Å². The number of nitrogen functional groups attached to an aromatic ring is 1. The number of nitrogens with zero attached hydrogens (tertiary/aromatic N) is 3.